The largest absolute Gasteiger partial charge is 0.298 e. The summed E-state index contributed by atoms with van der Waals surface area (Å²) in [5, 5.41) is 14.6. The van der Waals surface area contributed by atoms with Gasteiger partial charge >= 0.3 is 0 Å². The molecule has 0 aromatic carbocycles. The Kier molecular flexibility index (Phi) is 2.74. The van der Waals surface area contributed by atoms with Gasteiger partial charge in [0.1, 0.15) is 0 Å². The second-order valence-corrected chi connectivity index (χ2v) is 2.31. The Morgan fingerprint density at radius 3 is 1.20 bits per heavy atom. The van der Waals surface area contributed by atoms with Crippen LogP contribution in [-0.2, 0) is 0 Å². The average Bonchev–Trinajstić information content (AvgIpc) is 1.84. The van der Waals surface area contributed by atoms with Gasteiger partial charge < -0.3 is 0 Å². The molecule has 0 aromatic heterocycles. The van der Waals surface area contributed by atoms with E-state index in [0.717, 1.165) is 0 Å². The fourth-order valence-corrected chi connectivity index (χ4v) is 0.427. The van der Waals surface area contributed by atoms with Gasteiger partial charge in [0.2, 0.25) is 0 Å². The summed E-state index contributed by atoms with van der Waals surface area (Å²) in [5.41, 5.74) is 1.56. The van der Waals surface area contributed by atoms with Gasteiger partial charge in [0.15, 0.2) is 0 Å². The molecule has 10 heavy (non-hydrogen) atoms. The van der Waals surface area contributed by atoms with Crippen molar-refractivity contribution in [3.05, 3.63) is 24.3 Å². The lowest BCUT2D eigenvalue weighted by Gasteiger charge is -2.02. The molecule has 0 radical (unpaired) electrons. The molecule has 0 bridgehead atoms. The summed E-state index contributed by atoms with van der Waals surface area (Å²) >= 11 is 0. The smallest absolute Gasteiger partial charge is 0.0814 e. The number of hydrogen-bond acceptors (Lipinski definition) is 2. The van der Waals surface area contributed by atoms with Crippen LogP contribution in [0.15, 0.2) is 24.3 Å². The van der Waals surface area contributed by atoms with E-state index >= 15 is 0 Å². The minimum Gasteiger partial charge on any atom is -0.298 e. The van der Waals surface area contributed by atoms with E-state index in [1.807, 2.05) is 0 Å². The molecule has 0 heterocycles. The normalized spacial score (nSPS) is 8.60. The zero-order valence-electron chi connectivity index (χ0n) is 6.41. The highest BCUT2D eigenvalue weighted by atomic mass is 14.5. The van der Waals surface area contributed by atoms with Gasteiger partial charge in [-0.2, -0.15) is 0 Å². The second kappa shape index (κ2) is 3.11. The van der Waals surface area contributed by atoms with E-state index in [1.54, 1.807) is 13.8 Å². The molecule has 0 aromatic rings. The Balaban J connectivity index is 4.39. The van der Waals surface area contributed by atoms with Gasteiger partial charge in [-0.1, -0.05) is 13.2 Å². The van der Waals surface area contributed by atoms with Gasteiger partial charge in [-0.15, -0.1) is 0 Å². The molecule has 0 fully saturated rings. The van der Waals surface area contributed by atoms with Crippen LogP contribution in [0.5, 0.6) is 0 Å². The van der Waals surface area contributed by atoms with E-state index < -0.39 is 0 Å². The molecule has 0 unspecified atom stereocenters. The summed E-state index contributed by atoms with van der Waals surface area (Å²) in [7, 11) is 0. The van der Waals surface area contributed by atoms with Crippen molar-refractivity contribution in [1.29, 1.82) is 10.8 Å². The van der Waals surface area contributed by atoms with Crippen LogP contribution in [0.25, 0.3) is 0 Å². The minimum atomic E-state index is 0.174. The Bertz CT molecular complexity index is 187. The fraction of sp³-hybridized carbons (Fsp3) is 0.250. The van der Waals surface area contributed by atoms with Crippen LogP contribution in [0.2, 0.25) is 0 Å². The molecule has 0 aliphatic rings. The third kappa shape index (κ3) is 1.97. The monoisotopic (exact) mass is 136 g/mol. The molecule has 0 spiro atoms. The first-order chi connectivity index (χ1) is 4.46. The molecule has 0 rings (SSSR count). The zero-order valence-corrected chi connectivity index (χ0v) is 6.41. The van der Waals surface area contributed by atoms with Crippen molar-refractivity contribution in [3.63, 3.8) is 0 Å². The van der Waals surface area contributed by atoms with Crippen molar-refractivity contribution in [2.45, 2.75) is 13.8 Å². The van der Waals surface area contributed by atoms with Crippen molar-refractivity contribution < 1.29 is 0 Å². The molecule has 0 atom stereocenters. The van der Waals surface area contributed by atoms with Crippen molar-refractivity contribution in [2.75, 3.05) is 0 Å². The summed E-state index contributed by atoms with van der Waals surface area (Å²) in [6.45, 7) is 10.5. The Labute approximate surface area is 61.3 Å². The molecule has 0 amide bonds. The second-order valence-electron chi connectivity index (χ2n) is 2.31. The van der Waals surface area contributed by atoms with Gasteiger partial charge in [-0.3, -0.25) is 10.8 Å². The van der Waals surface area contributed by atoms with E-state index in [-0.39, 0.29) is 11.4 Å². The highest BCUT2D eigenvalue weighted by molar-refractivity contribution is 6.50. The first-order valence-electron chi connectivity index (χ1n) is 2.96. The molecule has 0 aliphatic carbocycles. The molecular weight excluding hydrogens is 124 g/mol. The number of hydrogen-bond donors (Lipinski definition) is 2. The van der Waals surface area contributed by atoms with E-state index in [4.69, 9.17) is 10.8 Å². The van der Waals surface area contributed by atoms with Crippen LogP contribution in [-0.4, -0.2) is 11.4 Å². The van der Waals surface area contributed by atoms with Crippen molar-refractivity contribution in [3.8, 4) is 0 Å². The van der Waals surface area contributed by atoms with Gasteiger partial charge in [0, 0.05) is 0 Å². The van der Waals surface area contributed by atoms with Gasteiger partial charge in [0.05, 0.1) is 11.4 Å². The Morgan fingerprint density at radius 2 is 1.10 bits per heavy atom. The molecule has 0 saturated heterocycles. The third-order valence-corrected chi connectivity index (χ3v) is 1.10. The standard InChI is InChI=1S/C8H12N2/c1-5(2)7(9)8(10)6(3)4/h9-10H,1,3H2,2,4H3. The van der Waals surface area contributed by atoms with Crippen LogP contribution in [0.1, 0.15) is 13.8 Å². The fourth-order valence-electron chi connectivity index (χ4n) is 0.427. The van der Waals surface area contributed by atoms with E-state index in [9.17, 15) is 0 Å². The van der Waals surface area contributed by atoms with Gasteiger partial charge in [0.25, 0.3) is 0 Å². The summed E-state index contributed by atoms with van der Waals surface area (Å²) < 4.78 is 0. The maximum absolute atomic E-state index is 7.29. The number of rotatable bonds is 3. The van der Waals surface area contributed by atoms with Gasteiger partial charge in [-0.05, 0) is 25.0 Å². The summed E-state index contributed by atoms with van der Waals surface area (Å²) in [6, 6.07) is 0. The zero-order chi connectivity index (χ0) is 8.31. The molecule has 0 aliphatic heterocycles. The van der Waals surface area contributed by atoms with Crippen molar-refractivity contribution >= 4 is 11.4 Å². The van der Waals surface area contributed by atoms with Crippen LogP contribution in [0.3, 0.4) is 0 Å². The Morgan fingerprint density at radius 1 is 0.900 bits per heavy atom. The lowest BCUT2D eigenvalue weighted by atomic mass is 10.1. The first kappa shape index (κ1) is 8.82. The lowest BCUT2D eigenvalue weighted by molar-refractivity contribution is 1.42. The quantitative estimate of drug-likeness (QED) is 0.559. The molecular formula is C8H12N2. The first-order valence-corrected chi connectivity index (χ1v) is 2.96. The summed E-state index contributed by atoms with van der Waals surface area (Å²) in [4.78, 5) is 0. The number of allylic oxidation sites excluding steroid dienone is 2. The van der Waals surface area contributed by atoms with Crippen LogP contribution >= 0.6 is 0 Å². The summed E-state index contributed by atoms with van der Waals surface area (Å²) in [5.74, 6) is 0. The van der Waals surface area contributed by atoms with Crippen molar-refractivity contribution in [1.82, 2.24) is 0 Å². The SMILES string of the molecule is C=C(C)C(=N)C(=N)C(=C)C. The van der Waals surface area contributed by atoms with Crippen LogP contribution in [0, 0.1) is 10.8 Å². The predicted molar refractivity (Wildman–Crippen MR) is 45.1 cm³/mol. The molecule has 2 heteroatoms. The average molecular weight is 136 g/mol. The van der Waals surface area contributed by atoms with E-state index in [0.29, 0.717) is 11.1 Å². The summed E-state index contributed by atoms with van der Waals surface area (Å²) in [6.07, 6.45) is 0. The van der Waals surface area contributed by atoms with E-state index in [2.05, 4.69) is 13.2 Å². The molecule has 54 valence electrons. The topological polar surface area (TPSA) is 47.7 Å². The van der Waals surface area contributed by atoms with Crippen LogP contribution < -0.4 is 0 Å². The number of nitrogens with one attached hydrogen (secondary N) is 2. The molecule has 2 N–H and O–H groups in total. The lowest BCUT2D eigenvalue weighted by Crippen LogP contribution is -2.12. The highest BCUT2D eigenvalue weighted by Crippen LogP contribution is 1.98. The molecule has 2 nitrogen and oxygen atoms in total. The third-order valence-electron chi connectivity index (χ3n) is 1.10. The van der Waals surface area contributed by atoms with Gasteiger partial charge in [-0.25, -0.2) is 0 Å². The maximum atomic E-state index is 7.29. The predicted octanol–water partition coefficient (Wildman–Crippen LogP) is 2.18. The van der Waals surface area contributed by atoms with Crippen molar-refractivity contribution in [2.24, 2.45) is 0 Å². The molecule has 0 saturated carbocycles. The minimum absolute atomic E-state index is 0.174. The van der Waals surface area contributed by atoms with E-state index in [1.165, 1.54) is 0 Å². The Hall–Kier alpha value is -1.18. The van der Waals surface area contributed by atoms with Crippen LogP contribution in [0.4, 0.5) is 0 Å². The highest BCUT2D eigenvalue weighted by Gasteiger charge is 2.04. The maximum Gasteiger partial charge on any atom is 0.0814 e.